The molecule has 0 radical (unpaired) electrons. The summed E-state index contributed by atoms with van der Waals surface area (Å²) in [6.07, 6.45) is 0. The number of hydrogen-bond acceptors (Lipinski definition) is 2. The average Bonchev–Trinajstić information content (AvgIpc) is 2.26. The van der Waals surface area contributed by atoms with E-state index in [1.54, 1.807) is 0 Å². The summed E-state index contributed by atoms with van der Waals surface area (Å²) in [6, 6.07) is 9.36. The minimum Gasteiger partial charge on any atom is -0.456 e. The third kappa shape index (κ3) is 3.72. The first kappa shape index (κ1) is 11.7. The molecule has 0 aliphatic carbocycles. The Labute approximate surface area is 90.2 Å². The highest BCUT2D eigenvalue weighted by Gasteiger charge is 2.22. The smallest absolute Gasteiger partial charge is 0.365 e. The van der Waals surface area contributed by atoms with Crippen LogP contribution in [0.5, 0.6) is 0 Å². The van der Waals surface area contributed by atoms with Crippen LogP contribution in [0.3, 0.4) is 0 Å². The van der Waals surface area contributed by atoms with E-state index < -0.39 is 0 Å². The second kappa shape index (κ2) is 5.51. The van der Waals surface area contributed by atoms with Gasteiger partial charge in [-0.25, -0.2) is 4.79 Å². The summed E-state index contributed by atoms with van der Waals surface area (Å²) in [5.74, 6) is -0.0119. The van der Waals surface area contributed by atoms with E-state index >= 15 is 0 Å². The van der Waals surface area contributed by atoms with E-state index in [1.165, 1.54) is 0 Å². The molecule has 3 N–H and O–H groups in total. The van der Waals surface area contributed by atoms with Crippen molar-refractivity contribution in [3.63, 3.8) is 0 Å². The summed E-state index contributed by atoms with van der Waals surface area (Å²) in [6.45, 7) is 4.25. The fourth-order valence-corrected chi connectivity index (χ4v) is 1.11. The zero-order valence-corrected chi connectivity index (χ0v) is 9.27. The first-order chi connectivity index (χ1) is 7.11. The summed E-state index contributed by atoms with van der Waals surface area (Å²) in [7, 11) is 0. The van der Waals surface area contributed by atoms with Gasteiger partial charge in [0, 0.05) is 5.92 Å². The largest absolute Gasteiger partial charge is 0.456 e. The Kier molecular flexibility index (Phi) is 4.31. The van der Waals surface area contributed by atoms with E-state index in [1.807, 2.05) is 44.2 Å². The molecule has 3 nitrogen and oxygen atoms in total. The highest BCUT2D eigenvalue weighted by Crippen LogP contribution is 2.04. The van der Waals surface area contributed by atoms with Crippen LogP contribution >= 0.6 is 0 Å². The summed E-state index contributed by atoms with van der Waals surface area (Å²) >= 11 is 0. The van der Waals surface area contributed by atoms with Crippen molar-refractivity contribution < 1.29 is 15.3 Å². The van der Waals surface area contributed by atoms with Crippen LogP contribution in [0.4, 0.5) is 0 Å². The zero-order chi connectivity index (χ0) is 11.3. The molecular formula is C12H18NO2+. The van der Waals surface area contributed by atoms with Gasteiger partial charge >= 0.3 is 5.97 Å². The molecule has 0 aliphatic heterocycles. The number of esters is 1. The molecule has 0 fully saturated rings. The van der Waals surface area contributed by atoms with Crippen molar-refractivity contribution in [1.82, 2.24) is 0 Å². The lowest BCUT2D eigenvalue weighted by Gasteiger charge is -2.11. The number of benzene rings is 1. The Morgan fingerprint density at radius 1 is 1.33 bits per heavy atom. The van der Waals surface area contributed by atoms with Crippen LogP contribution < -0.4 is 5.73 Å². The third-order valence-electron chi connectivity index (χ3n) is 2.33. The highest BCUT2D eigenvalue weighted by molar-refractivity contribution is 5.74. The second-order valence-corrected chi connectivity index (χ2v) is 3.94. The highest BCUT2D eigenvalue weighted by atomic mass is 16.5. The molecule has 1 atom stereocenters. The molecular weight excluding hydrogens is 190 g/mol. The number of carbonyl (C=O) groups excluding carboxylic acids is 1. The van der Waals surface area contributed by atoms with Crippen molar-refractivity contribution in [2.24, 2.45) is 5.92 Å². The molecule has 0 bridgehead atoms. The van der Waals surface area contributed by atoms with E-state index in [0.717, 1.165) is 5.56 Å². The SMILES string of the molecule is CC(C)[C@H]([NH3+])C(=O)OCc1ccccc1. The topological polar surface area (TPSA) is 53.9 Å². The summed E-state index contributed by atoms with van der Waals surface area (Å²) < 4.78 is 5.15. The molecule has 0 aromatic heterocycles. The molecule has 1 aromatic carbocycles. The number of hydrogen-bond donors (Lipinski definition) is 1. The molecule has 1 rings (SSSR count). The Hall–Kier alpha value is -1.35. The first-order valence-electron chi connectivity index (χ1n) is 5.15. The molecule has 0 saturated carbocycles. The summed E-state index contributed by atoms with van der Waals surface area (Å²) in [4.78, 5) is 11.5. The van der Waals surface area contributed by atoms with Gasteiger partial charge in [0.25, 0.3) is 0 Å². The van der Waals surface area contributed by atoms with Crippen LogP contribution in [-0.4, -0.2) is 12.0 Å². The predicted octanol–water partition coefficient (Wildman–Crippen LogP) is 0.996. The van der Waals surface area contributed by atoms with Gasteiger partial charge in [-0.1, -0.05) is 44.2 Å². The van der Waals surface area contributed by atoms with Gasteiger partial charge in [0.05, 0.1) is 0 Å². The summed E-state index contributed by atoms with van der Waals surface area (Å²) in [5.41, 5.74) is 4.78. The van der Waals surface area contributed by atoms with Crippen molar-refractivity contribution in [3.05, 3.63) is 35.9 Å². The molecule has 0 unspecified atom stereocenters. The quantitative estimate of drug-likeness (QED) is 0.750. The van der Waals surface area contributed by atoms with Gasteiger partial charge in [0.2, 0.25) is 0 Å². The van der Waals surface area contributed by atoms with Gasteiger partial charge in [-0.2, -0.15) is 0 Å². The van der Waals surface area contributed by atoms with Crippen molar-refractivity contribution >= 4 is 5.97 Å². The molecule has 0 spiro atoms. The monoisotopic (exact) mass is 208 g/mol. The first-order valence-corrected chi connectivity index (χ1v) is 5.15. The van der Waals surface area contributed by atoms with Crippen molar-refractivity contribution in [1.29, 1.82) is 0 Å². The minimum absolute atomic E-state index is 0.216. The lowest BCUT2D eigenvalue weighted by Crippen LogP contribution is -2.67. The van der Waals surface area contributed by atoms with Crippen LogP contribution in [0.1, 0.15) is 19.4 Å². The number of quaternary nitrogens is 1. The number of ether oxygens (including phenoxy) is 1. The molecule has 1 aromatic rings. The fourth-order valence-electron chi connectivity index (χ4n) is 1.11. The third-order valence-corrected chi connectivity index (χ3v) is 2.33. The van der Waals surface area contributed by atoms with Crippen LogP contribution in [0.15, 0.2) is 30.3 Å². The molecule has 82 valence electrons. The molecule has 0 heterocycles. The van der Waals surface area contributed by atoms with Gasteiger partial charge < -0.3 is 10.5 Å². The van der Waals surface area contributed by atoms with Crippen LogP contribution in [0.2, 0.25) is 0 Å². The van der Waals surface area contributed by atoms with Gasteiger partial charge in [-0.05, 0) is 5.56 Å². The van der Waals surface area contributed by atoms with Crippen LogP contribution in [-0.2, 0) is 16.1 Å². The van der Waals surface area contributed by atoms with E-state index in [4.69, 9.17) is 4.74 Å². The molecule has 0 amide bonds. The second-order valence-electron chi connectivity index (χ2n) is 3.94. The van der Waals surface area contributed by atoms with Crippen molar-refractivity contribution in [2.75, 3.05) is 0 Å². The maximum Gasteiger partial charge on any atom is 0.365 e. The Bertz CT molecular complexity index is 309. The zero-order valence-electron chi connectivity index (χ0n) is 9.27. The normalized spacial score (nSPS) is 12.5. The standard InChI is InChI=1S/C12H17NO2/c1-9(2)11(13)12(14)15-8-10-6-4-3-5-7-10/h3-7,9,11H,8,13H2,1-2H3/p+1/t11-/m0/s1. The lowest BCUT2D eigenvalue weighted by molar-refractivity contribution is -0.418. The Morgan fingerprint density at radius 2 is 1.93 bits per heavy atom. The lowest BCUT2D eigenvalue weighted by atomic mass is 10.1. The Balaban J connectivity index is 2.41. The molecule has 0 saturated heterocycles. The predicted molar refractivity (Wildman–Crippen MR) is 57.8 cm³/mol. The van der Waals surface area contributed by atoms with Crippen molar-refractivity contribution in [2.45, 2.75) is 26.5 Å². The van der Waals surface area contributed by atoms with E-state index in [-0.39, 0.29) is 17.9 Å². The Morgan fingerprint density at radius 3 is 2.47 bits per heavy atom. The number of rotatable bonds is 4. The van der Waals surface area contributed by atoms with Gasteiger partial charge in [-0.15, -0.1) is 0 Å². The van der Waals surface area contributed by atoms with Gasteiger partial charge in [0.15, 0.2) is 6.04 Å². The van der Waals surface area contributed by atoms with E-state index in [2.05, 4.69) is 5.73 Å². The van der Waals surface area contributed by atoms with Gasteiger partial charge in [-0.3, -0.25) is 0 Å². The summed E-state index contributed by atoms with van der Waals surface area (Å²) in [5, 5.41) is 0. The van der Waals surface area contributed by atoms with Crippen LogP contribution in [0.25, 0.3) is 0 Å². The fraction of sp³-hybridized carbons (Fsp3) is 0.417. The van der Waals surface area contributed by atoms with Gasteiger partial charge in [0.1, 0.15) is 6.61 Å². The van der Waals surface area contributed by atoms with E-state index in [9.17, 15) is 4.79 Å². The van der Waals surface area contributed by atoms with E-state index in [0.29, 0.717) is 6.61 Å². The maximum atomic E-state index is 11.5. The average molecular weight is 208 g/mol. The maximum absolute atomic E-state index is 11.5. The molecule has 3 heteroatoms. The molecule has 15 heavy (non-hydrogen) atoms. The number of carbonyl (C=O) groups is 1. The minimum atomic E-state index is -0.284. The van der Waals surface area contributed by atoms with Crippen molar-refractivity contribution in [3.8, 4) is 0 Å². The molecule has 0 aliphatic rings. The van der Waals surface area contributed by atoms with Crippen LogP contribution in [0, 0.1) is 5.92 Å².